The minimum Gasteiger partial charge on any atom is -0.368 e. The molecule has 0 aromatic heterocycles. The first-order valence-corrected chi connectivity index (χ1v) is 6.21. The lowest BCUT2D eigenvalue weighted by Gasteiger charge is -2.40. The van der Waals surface area contributed by atoms with Crippen molar-refractivity contribution >= 4 is 0 Å². The minimum absolute atomic E-state index is 0.357. The highest BCUT2D eigenvalue weighted by Crippen LogP contribution is 2.35. The van der Waals surface area contributed by atoms with E-state index in [4.69, 9.17) is 4.74 Å². The largest absolute Gasteiger partial charge is 0.368 e. The molecule has 0 aliphatic heterocycles. The number of halogens is 2. The molecule has 0 heterocycles. The van der Waals surface area contributed by atoms with Gasteiger partial charge in [-0.05, 0) is 25.3 Å². The summed E-state index contributed by atoms with van der Waals surface area (Å²) in [5.74, 6) is 0.574. The third-order valence-electron chi connectivity index (χ3n) is 3.26. The maximum absolute atomic E-state index is 12.2. The molecule has 0 aromatic carbocycles. The van der Waals surface area contributed by atoms with Gasteiger partial charge in [-0.25, -0.2) is 8.78 Å². The standard InChI is InChI=1S/C12H23F2NO/c1-3-15-9-12(16-8-11(13)14)6-4-5-10(2)7-12/h10-11,15H,3-9H2,1-2H3. The lowest BCUT2D eigenvalue weighted by Crippen LogP contribution is -2.47. The molecular weight excluding hydrogens is 212 g/mol. The van der Waals surface area contributed by atoms with Crippen molar-refractivity contribution in [2.75, 3.05) is 19.7 Å². The first-order valence-electron chi connectivity index (χ1n) is 6.21. The smallest absolute Gasteiger partial charge is 0.261 e. The fourth-order valence-corrected chi connectivity index (χ4v) is 2.55. The van der Waals surface area contributed by atoms with Crippen molar-refractivity contribution < 1.29 is 13.5 Å². The Kier molecular flexibility index (Phi) is 5.62. The lowest BCUT2D eigenvalue weighted by molar-refractivity contribution is -0.113. The van der Waals surface area contributed by atoms with Gasteiger partial charge in [0.25, 0.3) is 6.43 Å². The van der Waals surface area contributed by atoms with E-state index >= 15 is 0 Å². The number of hydrogen-bond donors (Lipinski definition) is 1. The zero-order chi connectivity index (χ0) is 12.0. The molecule has 1 aliphatic rings. The Morgan fingerprint density at radius 3 is 2.81 bits per heavy atom. The summed E-state index contributed by atoms with van der Waals surface area (Å²) >= 11 is 0. The second kappa shape index (κ2) is 6.50. The highest BCUT2D eigenvalue weighted by molar-refractivity contribution is 4.89. The van der Waals surface area contributed by atoms with Crippen LogP contribution in [0.2, 0.25) is 0 Å². The van der Waals surface area contributed by atoms with Crippen molar-refractivity contribution in [3.63, 3.8) is 0 Å². The van der Waals surface area contributed by atoms with Gasteiger partial charge in [-0.1, -0.05) is 26.7 Å². The van der Waals surface area contributed by atoms with Crippen LogP contribution in [0.3, 0.4) is 0 Å². The normalized spacial score (nSPS) is 30.9. The van der Waals surface area contributed by atoms with Gasteiger partial charge in [0, 0.05) is 6.54 Å². The quantitative estimate of drug-likeness (QED) is 0.764. The Bertz CT molecular complexity index is 201. The molecule has 0 bridgehead atoms. The molecule has 0 aromatic rings. The molecule has 2 unspecified atom stereocenters. The number of likely N-dealkylation sites (N-methyl/N-ethyl adjacent to an activating group) is 1. The summed E-state index contributed by atoms with van der Waals surface area (Å²) in [4.78, 5) is 0. The Morgan fingerprint density at radius 1 is 1.50 bits per heavy atom. The van der Waals surface area contributed by atoms with Crippen LogP contribution >= 0.6 is 0 Å². The zero-order valence-corrected chi connectivity index (χ0v) is 10.3. The summed E-state index contributed by atoms with van der Waals surface area (Å²) in [6, 6.07) is 0. The second-order valence-electron chi connectivity index (χ2n) is 4.87. The highest BCUT2D eigenvalue weighted by atomic mass is 19.3. The van der Waals surface area contributed by atoms with Gasteiger partial charge in [0.05, 0.1) is 5.60 Å². The van der Waals surface area contributed by atoms with E-state index in [-0.39, 0.29) is 5.60 Å². The SMILES string of the molecule is CCNCC1(OCC(F)F)CCCC(C)C1. The van der Waals surface area contributed by atoms with Gasteiger partial charge < -0.3 is 10.1 Å². The van der Waals surface area contributed by atoms with E-state index < -0.39 is 13.0 Å². The molecule has 1 rings (SSSR count). The van der Waals surface area contributed by atoms with Crippen LogP contribution in [0.5, 0.6) is 0 Å². The van der Waals surface area contributed by atoms with Crippen LogP contribution in [0.15, 0.2) is 0 Å². The molecule has 1 aliphatic carbocycles. The Labute approximate surface area is 96.7 Å². The summed E-state index contributed by atoms with van der Waals surface area (Å²) < 4.78 is 30.0. The number of ether oxygens (including phenoxy) is 1. The molecule has 16 heavy (non-hydrogen) atoms. The van der Waals surface area contributed by atoms with Crippen LogP contribution in [0.4, 0.5) is 8.78 Å². The first kappa shape index (κ1) is 13.8. The first-order chi connectivity index (χ1) is 7.58. The molecule has 0 radical (unpaired) electrons. The van der Waals surface area contributed by atoms with Crippen LogP contribution in [-0.4, -0.2) is 31.7 Å². The Hall–Kier alpha value is -0.220. The van der Waals surface area contributed by atoms with Crippen LogP contribution < -0.4 is 5.32 Å². The molecule has 0 amide bonds. The van der Waals surface area contributed by atoms with E-state index in [0.29, 0.717) is 12.5 Å². The predicted octanol–water partition coefficient (Wildman–Crippen LogP) is 2.83. The third-order valence-corrected chi connectivity index (χ3v) is 3.26. The molecule has 0 spiro atoms. The maximum atomic E-state index is 12.2. The average molecular weight is 235 g/mol. The Balaban J connectivity index is 2.52. The monoisotopic (exact) mass is 235 g/mol. The molecule has 1 N–H and O–H groups in total. The van der Waals surface area contributed by atoms with Gasteiger partial charge in [0.2, 0.25) is 0 Å². The molecule has 1 saturated carbocycles. The van der Waals surface area contributed by atoms with Crippen molar-refractivity contribution in [1.82, 2.24) is 5.32 Å². The van der Waals surface area contributed by atoms with Gasteiger partial charge in [0.1, 0.15) is 6.61 Å². The van der Waals surface area contributed by atoms with E-state index in [9.17, 15) is 8.78 Å². The van der Waals surface area contributed by atoms with E-state index in [1.807, 2.05) is 6.92 Å². The molecule has 2 nitrogen and oxygen atoms in total. The van der Waals surface area contributed by atoms with Crippen LogP contribution in [0, 0.1) is 5.92 Å². The van der Waals surface area contributed by atoms with Crippen molar-refractivity contribution in [3.8, 4) is 0 Å². The van der Waals surface area contributed by atoms with Crippen molar-refractivity contribution in [1.29, 1.82) is 0 Å². The maximum Gasteiger partial charge on any atom is 0.261 e. The number of nitrogens with one attached hydrogen (secondary N) is 1. The van der Waals surface area contributed by atoms with Gasteiger partial charge in [-0.15, -0.1) is 0 Å². The lowest BCUT2D eigenvalue weighted by atomic mass is 9.78. The topological polar surface area (TPSA) is 21.3 Å². The fraction of sp³-hybridized carbons (Fsp3) is 1.00. The molecular formula is C12H23F2NO. The summed E-state index contributed by atoms with van der Waals surface area (Å²) in [6.45, 7) is 5.31. The molecule has 0 saturated heterocycles. The number of hydrogen-bond acceptors (Lipinski definition) is 2. The minimum atomic E-state index is -2.37. The molecule has 96 valence electrons. The molecule has 4 heteroatoms. The molecule has 1 fully saturated rings. The van der Waals surface area contributed by atoms with Crippen molar-refractivity contribution in [2.45, 2.75) is 51.6 Å². The van der Waals surface area contributed by atoms with Crippen LogP contribution in [-0.2, 0) is 4.74 Å². The highest BCUT2D eigenvalue weighted by Gasteiger charge is 2.36. The summed E-state index contributed by atoms with van der Waals surface area (Å²) in [5.41, 5.74) is -0.357. The molecule has 2 atom stereocenters. The van der Waals surface area contributed by atoms with Crippen molar-refractivity contribution in [3.05, 3.63) is 0 Å². The Morgan fingerprint density at radius 2 is 2.25 bits per heavy atom. The summed E-state index contributed by atoms with van der Waals surface area (Å²) in [5, 5.41) is 3.23. The van der Waals surface area contributed by atoms with Gasteiger partial charge in [-0.3, -0.25) is 0 Å². The van der Waals surface area contributed by atoms with Gasteiger partial charge in [0.15, 0.2) is 0 Å². The van der Waals surface area contributed by atoms with Crippen LogP contribution in [0.25, 0.3) is 0 Å². The van der Waals surface area contributed by atoms with Crippen LogP contribution in [0.1, 0.15) is 39.5 Å². The average Bonchev–Trinajstić information content (AvgIpc) is 2.24. The number of rotatable bonds is 6. The van der Waals surface area contributed by atoms with E-state index in [2.05, 4.69) is 12.2 Å². The van der Waals surface area contributed by atoms with E-state index in [1.54, 1.807) is 0 Å². The van der Waals surface area contributed by atoms with Crippen molar-refractivity contribution in [2.24, 2.45) is 5.92 Å². The fourth-order valence-electron chi connectivity index (χ4n) is 2.55. The second-order valence-corrected chi connectivity index (χ2v) is 4.87. The zero-order valence-electron chi connectivity index (χ0n) is 10.3. The summed E-state index contributed by atoms with van der Waals surface area (Å²) in [6.07, 6.45) is 1.70. The van der Waals surface area contributed by atoms with E-state index in [1.165, 1.54) is 6.42 Å². The summed E-state index contributed by atoms with van der Waals surface area (Å²) in [7, 11) is 0. The van der Waals surface area contributed by atoms with Gasteiger partial charge >= 0.3 is 0 Å². The predicted molar refractivity (Wildman–Crippen MR) is 60.9 cm³/mol. The van der Waals surface area contributed by atoms with Gasteiger partial charge in [-0.2, -0.15) is 0 Å². The third kappa shape index (κ3) is 4.34. The van der Waals surface area contributed by atoms with E-state index in [0.717, 1.165) is 25.8 Å². The number of alkyl halides is 2.